The predicted molar refractivity (Wildman–Crippen MR) is 88.8 cm³/mol. The van der Waals surface area contributed by atoms with Crippen LogP contribution in [0.3, 0.4) is 0 Å². The number of likely N-dealkylation sites (tertiary alicyclic amines) is 2. The van der Waals surface area contributed by atoms with Crippen LogP contribution in [0.25, 0.3) is 0 Å². The molecule has 0 radical (unpaired) electrons. The lowest BCUT2D eigenvalue weighted by Gasteiger charge is -2.31. The van der Waals surface area contributed by atoms with Crippen LogP contribution < -0.4 is 5.73 Å². The van der Waals surface area contributed by atoms with Gasteiger partial charge in [0.25, 0.3) is 0 Å². The molecule has 2 saturated heterocycles. The van der Waals surface area contributed by atoms with Gasteiger partial charge in [-0.15, -0.1) is 24.2 Å². The fourth-order valence-electron chi connectivity index (χ4n) is 2.79. The van der Waals surface area contributed by atoms with Gasteiger partial charge in [0.05, 0.1) is 11.5 Å². The molecule has 2 amide bonds. The monoisotopic (exact) mass is 335 g/mol. The minimum Gasteiger partial charge on any atom is -0.342 e. The van der Waals surface area contributed by atoms with E-state index in [0.29, 0.717) is 18.1 Å². The molecule has 2 heterocycles. The molecule has 5 nitrogen and oxygen atoms in total. The summed E-state index contributed by atoms with van der Waals surface area (Å²) in [6, 6.07) is 0.118. The Bertz CT molecular complexity index is 351. The maximum atomic E-state index is 12.0. The first-order valence-corrected chi connectivity index (χ1v) is 8.71. The number of rotatable bonds is 4. The third-order valence-corrected chi connectivity index (χ3v) is 4.87. The zero-order chi connectivity index (χ0) is 14.4. The van der Waals surface area contributed by atoms with Crippen molar-refractivity contribution in [2.75, 3.05) is 37.7 Å². The van der Waals surface area contributed by atoms with Crippen LogP contribution in [0.15, 0.2) is 0 Å². The van der Waals surface area contributed by atoms with Crippen molar-refractivity contribution in [2.45, 2.75) is 38.1 Å². The normalized spacial score (nSPS) is 22.6. The maximum absolute atomic E-state index is 12.0. The molecule has 0 bridgehead atoms. The van der Waals surface area contributed by atoms with E-state index in [-0.39, 0.29) is 30.3 Å². The topological polar surface area (TPSA) is 66.6 Å². The number of carbonyl (C=O) groups is 2. The van der Waals surface area contributed by atoms with E-state index >= 15 is 0 Å². The number of hydrogen-bond donors (Lipinski definition) is 1. The van der Waals surface area contributed by atoms with Crippen molar-refractivity contribution < 1.29 is 9.59 Å². The minimum absolute atomic E-state index is 0. The van der Waals surface area contributed by atoms with Crippen LogP contribution in [0.5, 0.6) is 0 Å². The first-order valence-electron chi connectivity index (χ1n) is 7.55. The van der Waals surface area contributed by atoms with Gasteiger partial charge in [0.2, 0.25) is 11.8 Å². The highest BCUT2D eigenvalue weighted by Crippen LogP contribution is 2.13. The first-order chi connectivity index (χ1) is 9.66. The summed E-state index contributed by atoms with van der Waals surface area (Å²) in [5, 5.41) is 0. The number of nitrogens with zero attached hydrogens (tertiary/aromatic N) is 2. The number of nitrogens with two attached hydrogens (primary N) is 1. The molecule has 2 fully saturated rings. The SMILES string of the molecule is Cl.NC1CCCN(C(=O)CSCC(=O)N2CCCCC2)C1. The van der Waals surface area contributed by atoms with Crippen LogP contribution in [0.2, 0.25) is 0 Å². The second-order valence-electron chi connectivity index (χ2n) is 5.68. The average molecular weight is 336 g/mol. The van der Waals surface area contributed by atoms with E-state index in [9.17, 15) is 9.59 Å². The third kappa shape index (κ3) is 6.04. The Morgan fingerprint density at radius 1 is 0.952 bits per heavy atom. The maximum Gasteiger partial charge on any atom is 0.232 e. The van der Waals surface area contributed by atoms with Gasteiger partial charge in [-0.3, -0.25) is 9.59 Å². The van der Waals surface area contributed by atoms with Gasteiger partial charge in [0.15, 0.2) is 0 Å². The fourth-order valence-corrected chi connectivity index (χ4v) is 3.60. The van der Waals surface area contributed by atoms with E-state index in [1.165, 1.54) is 18.2 Å². The van der Waals surface area contributed by atoms with Crippen LogP contribution in [0, 0.1) is 0 Å². The zero-order valence-electron chi connectivity index (χ0n) is 12.5. The summed E-state index contributed by atoms with van der Waals surface area (Å²) >= 11 is 1.43. The van der Waals surface area contributed by atoms with E-state index in [4.69, 9.17) is 5.73 Å². The van der Waals surface area contributed by atoms with Crippen LogP contribution in [0.4, 0.5) is 0 Å². The van der Waals surface area contributed by atoms with Gasteiger partial charge in [-0.1, -0.05) is 0 Å². The highest BCUT2D eigenvalue weighted by Gasteiger charge is 2.22. The summed E-state index contributed by atoms with van der Waals surface area (Å²) in [5.41, 5.74) is 5.88. The first kappa shape index (κ1) is 18.6. The second kappa shape index (κ2) is 9.54. The molecule has 1 unspecified atom stereocenters. The van der Waals surface area contributed by atoms with Crippen molar-refractivity contribution in [3.8, 4) is 0 Å². The average Bonchev–Trinajstić information content (AvgIpc) is 2.48. The van der Waals surface area contributed by atoms with Crippen molar-refractivity contribution in [1.82, 2.24) is 9.80 Å². The quantitative estimate of drug-likeness (QED) is 0.835. The number of hydrogen-bond acceptors (Lipinski definition) is 4. The van der Waals surface area contributed by atoms with E-state index < -0.39 is 0 Å². The molecule has 0 aliphatic carbocycles. The molecule has 1 atom stereocenters. The zero-order valence-corrected chi connectivity index (χ0v) is 14.1. The van der Waals surface area contributed by atoms with Gasteiger partial charge in [-0.05, 0) is 32.1 Å². The smallest absolute Gasteiger partial charge is 0.232 e. The lowest BCUT2D eigenvalue weighted by atomic mass is 10.1. The van der Waals surface area contributed by atoms with Crippen LogP contribution in [-0.2, 0) is 9.59 Å². The third-order valence-electron chi connectivity index (χ3n) is 3.97. The van der Waals surface area contributed by atoms with Gasteiger partial charge in [-0.2, -0.15) is 0 Å². The lowest BCUT2D eigenvalue weighted by Crippen LogP contribution is -2.46. The molecular formula is C14H26ClN3O2S. The second-order valence-corrected chi connectivity index (χ2v) is 6.66. The molecule has 0 saturated carbocycles. The molecule has 0 aromatic carbocycles. The Kier molecular flexibility index (Phi) is 8.44. The molecular weight excluding hydrogens is 310 g/mol. The van der Waals surface area contributed by atoms with Crippen LogP contribution >= 0.6 is 24.2 Å². The highest BCUT2D eigenvalue weighted by molar-refractivity contribution is 8.00. The molecule has 21 heavy (non-hydrogen) atoms. The molecule has 122 valence electrons. The number of amides is 2. The van der Waals surface area contributed by atoms with Gasteiger partial charge in [0.1, 0.15) is 0 Å². The summed E-state index contributed by atoms with van der Waals surface area (Å²) in [4.78, 5) is 27.8. The Hall–Kier alpha value is -0.460. The van der Waals surface area contributed by atoms with E-state index in [1.807, 2.05) is 9.80 Å². The van der Waals surface area contributed by atoms with Gasteiger partial charge >= 0.3 is 0 Å². The number of halogens is 1. The predicted octanol–water partition coefficient (Wildman–Crippen LogP) is 1.10. The van der Waals surface area contributed by atoms with Crippen molar-refractivity contribution in [3.05, 3.63) is 0 Å². The minimum atomic E-state index is 0. The highest BCUT2D eigenvalue weighted by atomic mass is 35.5. The van der Waals surface area contributed by atoms with Gasteiger partial charge in [0, 0.05) is 32.2 Å². The molecule has 7 heteroatoms. The molecule has 2 rings (SSSR count). The summed E-state index contributed by atoms with van der Waals surface area (Å²) in [6.45, 7) is 3.25. The Balaban J connectivity index is 0.00000220. The van der Waals surface area contributed by atoms with E-state index in [0.717, 1.165) is 45.3 Å². The standard InChI is InChI=1S/C14H25N3O2S.ClH/c15-12-5-4-8-17(9-12)14(19)11-20-10-13(18)16-6-2-1-3-7-16;/h12H,1-11,15H2;1H. The van der Waals surface area contributed by atoms with Gasteiger partial charge in [-0.25, -0.2) is 0 Å². The molecule has 2 aliphatic heterocycles. The van der Waals surface area contributed by atoms with Crippen molar-refractivity contribution in [2.24, 2.45) is 5.73 Å². The molecule has 0 spiro atoms. The van der Waals surface area contributed by atoms with Crippen molar-refractivity contribution in [1.29, 1.82) is 0 Å². The lowest BCUT2D eigenvalue weighted by molar-refractivity contribution is -0.129. The summed E-state index contributed by atoms with van der Waals surface area (Å²) in [6.07, 6.45) is 5.45. The Morgan fingerprint density at radius 2 is 1.52 bits per heavy atom. The number of carbonyl (C=O) groups excluding carboxylic acids is 2. The molecule has 2 N–H and O–H groups in total. The van der Waals surface area contributed by atoms with Crippen LogP contribution in [0.1, 0.15) is 32.1 Å². The summed E-state index contributed by atoms with van der Waals surface area (Å²) in [7, 11) is 0. The fraction of sp³-hybridized carbons (Fsp3) is 0.857. The Labute approximate surface area is 137 Å². The van der Waals surface area contributed by atoms with Crippen molar-refractivity contribution >= 4 is 36.0 Å². The molecule has 2 aliphatic rings. The van der Waals surface area contributed by atoms with E-state index in [2.05, 4.69) is 0 Å². The summed E-state index contributed by atoms with van der Waals surface area (Å²) in [5.74, 6) is 1.12. The molecule has 0 aromatic rings. The molecule has 0 aromatic heterocycles. The van der Waals surface area contributed by atoms with E-state index in [1.54, 1.807) is 0 Å². The summed E-state index contributed by atoms with van der Waals surface area (Å²) < 4.78 is 0. The Morgan fingerprint density at radius 3 is 2.14 bits per heavy atom. The van der Waals surface area contributed by atoms with Crippen molar-refractivity contribution in [3.63, 3.8) is 0 Å². The van der Waals surface area contributed by atoms with Crippen LogP contribution in [-0.4, -0.2) is 65.3 Å². The number of piperidine rings is 2. The van der Waals surface area contributed by atoms with Gasteiger partial charge < -0.3 is 15.5 Å². The largest absolute Gasteiger partial charge is 0.342 e. The number of thioether (sulfide) groups is 1.